The molecule has 2 aromatic carbocycles. The number of carbonyl (C=O) groups is 1. The molecule has 0 aliphatic carbocycles. The molecule has 7 heteroatoms. The van der Waals surface area contributed by atoms with Gasteiger partial charge in [0, 0.05) is 17.2 Å². The highest BCUT2D eigenvalue weighted by Gasteiger charge is 2.14. The Hall–Kier alpha value is -1.88. The fourth-order valence-corrected chi connectivity index (χ4v) is 2.78. The minimum Gasteiger partial charge on any atom is -0.496 e. The molecular formula is C18H15Cl3O4. The van der Waals surface area contributed by atoms with Crippen molar-refractivity contribution in [2.45, 2.75) is 0 Å². The van der Waals surface area contributed by atoms with Gasteiger partial charge in [0.15, 0.2) is 17.3 Å². The topological polar surface area (TPSA) is 44.8 Å². The number of allylic oxidation sites excluding steroid dienone is 1. The molecule has 2 rings (SSSR count). The van der Waals surface area contributed by atoms with Crippen LogP contribution in [0.3, 0.4) is 0 Å². The van der Waals surface area contributed by atoms with E-state index >= 15 is 0 Å². The van der Waals surface area contributed by atoms with Crippen molar-refractivity contribution in [3.8, 4) is 17.2 Å². The highest BCUT2D eigenvalue weighted by atomic mass is 35.5. The molecule has 25 heavy (non-hydrogen) atoms. The number of halogens is 3. The molecule has 0 spiro atoms. The monoisotopic (exact) mass is 400 g/mol. The molecule has 0 aliphatic heterocycles. The highest BCUT2D eigenvalue weighted by molar-refractivity contribution is 6.49. The van der Waals surface area contributed by atoms with Crippen LogP contribution in [0.2, 0.25) is 15.1 Å². The molecule has 0 unspecified atom stereocenters. The predicted octanol–water partition coefficient (Wildman–Crippen LogP) is 5.57. The van der Waals surface area contributed by atoms with Crippen molar-refractivity contribution in [3.63, 3.8) is 0 Å². The average Bonchev–Trinajstić information content (AvgIpc) is 2.63. The van der Waals surface area contributed by atoms with E-state index in [9.17, 15) is 4.79 Å². The van der Waals surface area contributed by atoms with Crippen LogP contribution in [0.25, 0.3) is 6.08 Å². The van der Waals surface area contributed by atoms with Gasteiger partial charge in [-0.2, -0.15) is 0 Å². The van der Waals surface area contributed by atoms with Crippen LogP contribution >= 0.6 is 34.8 Å². The summed E-state index contributed by atoms with van der Waals surface area (Å²) in [6.45, 7) is 0. The molecule has 0 atom stereocenters. The fourth-order valence-electron chi connectivity index (χ4n) is 2.15. The third-order valence-corrected chi connectivity index (χ3v) is 4.74. The van der Waals surface area contributed by atoms with E-state index in [1.807, 2.05) is 0 Å². The lowest BCUT2D eigenvalue weighted by atomic mass is 10.1. The summed E-state index contributed by atoms with van der Waals surface area (Å²) in [4.78, 5) is 12.4. The Labute approximate surface area is 160 Å². The van der Waals surface area contributed by atoms with Gasteiger partial charge in [-0.05, 0) is 30.4 Å². The number of hydrogen-bond donors (Lipinski definition) is 0. The molecule has 0 radical (unpaired) electrons. The summed E-state index contributed by atoms with van der Waals surface area (Å²) in [5.41, 5.74) is 0.899. The molecule has 0 N–H and O–H groups in total. The van der Waals surface area contributed by atoms with Crippen molar-refractivity contribution in [2.24, 2.45) is 0 Å². The number of benzene rings is 2. The summed E-state index contributed by atoms with van der Waals surface area (Å²) in [6.07, 6.45) is 2.97. The van der Waals surface area contributed by atoms with Gasteiger partial charge in [0.2, 0.25) is 0 Å². The lowest BCUT2D eigenvalue weighted by Gasteiger charge is -2.12. The van der Waals surface area contributed by atoms with Crippen LogP contribution in [-0.4, -0.2) is 27.1 Å². The average molecular weight is 402 g/mol. The number of rotatable bonds is 6. The van der Waals surface area contributed by atoms with Crippen molar-refractivity contribution < 1.29 is 19.0 Å². The quantitative estimate of drug-likeness (QED) is 0.361. The minimum atomic E-state index is -0.319. The second-order valence-electron chi connectivity index (χ2n) is 4.87. The van der Waals surface area contributed by atoms with Gasteiger partial charge in [0.05, 0.1) is 36.4 Å². The van der Waals surface area contributed by atoms with E-state index in [-0.39, 0.29) is 26.4 Å². The van der Waals surface area contributed by atoms with Gasteiger partial charge in [-0.25, -0.2) is 0 Å². The first-order chi connectivity index (χ1) is 11.9. The summed E-state index contributed by atoms with van der Waals surface area (Å²) in [5.74, 6) is 1.25. The molecule has 0 saturated carbocycles. The molecule has 2 aromatic rings. The Bertz CT molecular complexity index is 832. The van der Waals surface area contributed by atoms with E-state index in [1.165, 1.54) is 39.5 Å². The molecule has 0 fully saturated rings. The first kappa shape index (κ1) is 19.4. The maximum Gasteiger partial charge on any atom is 0.187 e. The second-order valence-corrected chi connectivity index (χ2v) is 6.03. The molecular weight excluding hydrogens is 387 g/mol. The summed E-state index contributed by atoms with van der Waals surface area (Å²) >= 11 is 17.9. The van der Waals surface area contributed by atoms with Crippen molar-refractivity contribution in [2.75, 3.05) is 21.3 Å². The Morgan fingerprint density at radius 1 is 0.880 bits per heavy atom. The zero-order chi connectivity index (χ0) is 18.6. The van der Waals surface area contributed by atoms with E-state index < -0.39 is 0 Å². The third-order valence-electron chi connectivity index (χ3n) is 3.45. The maximum atomic E-state index is 12.4. The predicted molar refractivity (Wildman–Crippen MR) is 101 cm³/mol. The van der Waals surface area contributed by atoms with Crippen molar-refractivity contribution in [1.82, 2.24) is 0 Å². The van der Waals surface area contributed by atoms with Gasteiger partial charge in [-0.15, -0.1) is 0 Å². The Kier molecular flexibility index (Phi) is 6.59. The number of methoxy groups -OCH3 is 3. The third kappa shape index (κ3) is 4.21. The Morgan fingerprint density at radius 3 is 2.08 bits per heavy atom. The maximum absolute atomic E-state index is 12.4. The van der Waals surface area contributed by atoms with Crippen molar-refractivity contribution in [3.05, 3.63) is 56.5 Å². The van der Waals surface area contributed by atoms with Gasteiger partial charge >= 0.3 is 0 Å². The van der Waals surface area contributed by atoms with Gasteiger partial charge in [-0.3, -0.25) is 4.79 Å². The second kappa shape index (κ2) is 8.48. The standard InChI is InChI=1S/C18H15Cl3O4/c1-23-14-9-16(25-3)15(24-2)8-10(14)4-7-13(22)11-5-6-12(19)18(21)17(11)20/h4-9H,1-3H3/b7-4+. The van der Waals surface area contributed by atoms with Crippen molar-refractivity contribution in [1.29, 1.82) is 0 Å². The summed E-state index contributed by atoms with van der Waals surface area (Å²) in [5, 5.41) is 0.545. The first-order valence-corrected chi connectivity index (χ1v) is 8.22. The number of hydrogen-bond acceptors (Lipinski definition) is 4. The van der Waals surface area contributed by atoms with Gasteiger partial charge in [-0.1, -0.05) is 34.8 Å². The molecule has 132 valence electrons. The smallest absolute Gasteiger partial charge is 0.187 e. The Balaban J connectivity index is 2.39. The molecule has 0 aromatic heterocycles. The van der Waals surface area contributed by atoms with Crippen molar-refractivity contribution >= 4 is 46.7 Å². The highest BCUT2D eigenvalue weighted by Crippen LogP contribution is 2.36. The number of ether oxygens (including phenoxy) is 3. The Morgan fingerprint density at radius 2 is 1.48 bits per heavy atom. The normalized spacial score (nSPS) is 10.8. The minimum absolute atomic E-state index is 0.114. The molecule has 4 nitrogen and oxygen atoms in total. The van der Waals surface area contributed by atoms with Crippen LogP contribution < -0.4 is 14.2 Å². The number of carbonyl (C=O) groups excluding carboxylic acids is 1. The SMILES string of the molecule is COc1cc(OC)c(OC)cc1/C=C/C(=O)c1ccc(Cl)c(Cl)c1Cl. The van der Waals surface area contributed by atoms with Crippen LogP contribution in [0.15, 0.2) is 30.3 Å². The van der Waals surface area contributed by atoms with Crippen LogP contribution in [0.5, 0.6) is 17.2 Å². The molecule has 0 amide bonds. The summed E-state index contributed by atoms with van der Waals surface area (Å²) in [7, 11) is 4.58. The summed E-state index contributed by atoms with van der Waals surface area (Å²) in [6, 6.07) is 6.43. The van der Waals surface area contributed by atoms with E-state index in [2.05, 4.69) is 0 Å². The first-order valence-electron chi connectivity index (χ1n) is 7.08. The largest absolute Gasteiger partial charge is 0.496 e. The number of ketones is 1. The van der Waals surface area contributed by atoms with Gasteiger partial charge in [0.25, 0.3) is 0 Å². The fraction of sp³-hybridized carbons (Fsp3) is 0.167. The van der Waals surface area contributed by atoms with Crippen LogP contribution in [0.4, 0.5) is 0 Å². The van der Waals surface area contributed by atoms with Gasteiger partial charge in [0.1, 0.15) is 5.75 Å². The van der Waals surface area contributed by atoms with E-state index in [1.54, 1.807) is 18.2 Å². The van der Waals surface area contributed by atoms with Crippen LogP contribution in [0, 0.1) is 0 Å². The molecule has 0 aliphatic rings. The zero-order valence-corrected chi connectivity index (χ0v) is 16.0. The lowest BCUT2D eigenvalue weighted by molar-refractivity contribution is 0.104. The van der Waals surface area contributed by atoms with E-state index in [0.29, 0.717) is 22.8 Å². The zero-order valence-electron chi connectivity index (χ0n) is 13.7. The van der Waals surface area contributed by atoms with E-state index in [4.69, 9.17) is 49.0 Å². The van der Waals surface area contributed by atoms with Crippen LogP contribution in [-0.2, 0) is 0 Å². The molecule has 0 heterocycles. The lowest BCUT2D eigenvalue weighted by Crippen LogP contribution is -1.97. The van der Waals surface area contributed by atoms with Crippen LogP contribution in [0.1, 0.15) is 15.9 Å². The van der Waals surface area contributed by atoms with Gasteiger partial charge < -0.3 is 14.2 Å². The van der Waals surface area contributed by atoms with E-state index in [0.717, 1.165) is 0 Å². The molecule has 0 bridgehead atoms. The molecule has 0 saturated heterocycles. The summed E-state index contributed by atoms with van der Waals surface area (Å²) < 4.78 is 15.8.